The van der Waals surface area contributed by atoms with Gasteiger partial charge in [-0.3, -0.25) is 0 Å². The molecule has 0 fully saturated rings. The largest absolute Gasteiger partial charge is 0.490 e. The molecule has 0 bridgehead atoms. The minimum absolute atomic E-state index is 0.318. The predicted molar refractivity (Wildman–Crippen MR) is 58.3 cm³/mol. The Morgan fingerprint density at radius 3 is 3.21 bits per heavy atom. The van der Waals surface area contributed by atoms with Crippen LogP contribution in [-0.2, 0) is 6.42 Å². The summed E-state index contributed by atoms with van der Waals surface area (Å²) >= 11 is 0. The Kier molecular flexibility index (Phi) is 2.55. The van der Waals surface area contributed by atoms with E-state index >= 15 is 0 Å². The van der Waals surface area contributed by atoms with Crippen molar-refractivity contribution in [3.05, 3.63) is 35.4 Å². The first-order chi connectivity index (χ1) is 6.79. The third-order valence-electron chi connectivity index (χ3n) is 2.37. The predicted octanol–water partition coefficient (Wildman–Crippen LogP) is 1.98. The van der Waals surface area contributed by atoms with Crippen LogP contribution in [0.1, 0.15) is 18.1 Å². The Morgan fingerprint density at radius 1 is 1.57 bits per heavy atom. The van der Waals surface area contributed by atoms with Gasteiger partial charge in [0.1, 0.15) is 11.9 Å². The van der Waals surface area contributed by atoms with E-state index in [1.807, 2.05) is 12.2 Å². The summed E-state index contributed by atoms with van der Waals surface area (Å²) < 4.78 is 5.66. The molecule has 1 aromatic carbocycles. The quantitative estimate of drug-likeness (QED) is 0.772. The molecule has 74 valence electrons. The van der Waals surface area contributed by atoms with Crippen molar-refractivity contribution in [1.29, 1.82) is 0 Å². The standard InChI is InChI=1S/C12H15NO/c1-9-7-11-5-4-10(3-2-6-13)8-12(11)14-9/h2-5,8-9H,6-7,13H2,1H3/b3-2+. The molecule has 1 heterocycles. The van der Waals surface area contributed by atoms with Gasteiger partial charge in [0.15, 0.2) is 0 Å². The Hall–Kier alpha value is -1.28. The summed E-state index contributed by atoms with van der Waals surface area (Å²) in [7, 11) is 0. The summed E-state index contributed by atoms with van der Waals surface area (Å²) in [5.41, 5.74) is 7.86. The maximum absolute atomic E-state index is 5.66. The fourth-order valence-electron chi connectivity index (χ4n) is 1.73. The monoisotopic (exact) mass is 189 g/mol. The van der Waals surface area contributed by atoms with Crippen LogP contribution >= 0.6 is 0 Å². The Labute approximate surface area is 84.4 Å². The summed E-state index contributed by atoms with van der Waals surface area (Å²) in [6.45, 7) is 2.67. The van der Waals surface area contributed by atoms with Crippen LogP contribution in [0.4, 0.5) is 0 Å². The molecular formula is C12H15NO. The van der Waals surface area contributed by atoms with Crippen molar-refractivity contribution in [3.8, 4) is 5.75 Å². The fourth-order valence-corrected chi connectivity index (χ4v) is 1.73. The van der Waals surface area contributed by atoms with E-state index in [2.05, 4.69) is 25.1 Å². The maximum atomic E-state index is 5.66. The summed E-state index contributed by atoms with van der Waals surface area (Å²) in [5.74, 6) is 1.02. The molecule has 0 amide bonds. The van der Waals surface area contributed by atoms with Crippen molar-refractivity contribution in [2.45, 2.75) is 19.4 Å². The van der Waals surface area contributed by atoms with Gasteiger partial charge in [-0.25, -0.2) is 0 Å². The second kappa shape index (κ2) is 3.84. The highest BCUT2D eigenvalue weighted by Gasteiger charge is 2.18. The number of rotatable bonds is 2. The zero-order valence-corrected chi connectivity index (χ0v) is 8.36. The molecule has 2 nitrogen and oxygen atoms in total. The second-order valence-corrected chi connectivity index (χ2v) is 3.64. The van der Waals surface area contributed by atoms with E-state index in [1.165, 1.54) is 5.56 Å². The van der Waals surface area contributed by atoms with Crippen LogP contribution < -0.4 is 10.5 Å². The van der Waals surface area contributed by atoms with Gasteiger partial charge in [0, 0.05) is 13.0 Å². The molecule has 1 aromatic rings. The van der Waals surface area contributed by atoms with Crippen LogP contribution in [0, 0.1) is 0 Å². The van der Waals surface area contributed by atoms with Gasteiger partial charge in [-0.2, -0.15) is 0 Å². The number of hydrogen-bond donors (Lipinski definition) is 1. The number of ether oxygens (including phenoxy) is 1. The minimum Gasteiger partial charge on any atom is -0.490 e. The van der Waals surface area contributed by atoms with Crippen LogP contribution in [0.25, 0.3) is 6.08 Å². The summed E-state index contributed by atoms with van der Waals surface area (Å²) in [4.78, 5) is 0. The highest BCUT2D eigenvalue weighted by Crippen LogP contribution is 2.29. The van der Waals surface area contributed by atoms with Crippen LogP contribution in [0.2, 0.25) is 0 Å². The van der Waals surface area contributed by atoms with E-state index in [4.69, 9.17) is 10.5 Å². The van der Waals surface area contributed by atoms with Crippen LogP contribution in [0.15, 0.2) is 24.3 Å². The lowest BCUT2D eigenvalue weighted by Crippen LogP contribution is -2.05. The maximum Gasteiger partial charge on any atom is 0.123 e. The van der Waals surface area contributed by atoms with Gasteiger partial charge in [0.25, 0.3) is 0 Å². The molecule has 2 rings (SSSR count). The Bertz CT molecular complexity index is 357. The van der Waals surface area contributed by atoms with Crippen molar-refractivity contribution < 1.29 is 4.74 Å². The molecule has 0 spiro atoms. The topological polar surface area (TPSA) is 35.2 Å². The van der Waals surface area contributed by atoms with E-state index in [-0.39, 0.29) is 0 Å². The average molecular weight is 189 g/mol. The average Bonchev–Trinajstić information content (AvgIpc) is 2.54. The van der Waals surface area contributed by atoms with Gasteiger partial charge in [0.05, 0.1) is 0 Å². The van der Waals surface area contributed by atoms with Gasteiger partial charge in [-0.05, 0) is 24.1 Å². The highest BCUT2D eigenvalue weighted by molar-refractivity contribution is 5.54. The number of nitrogens with two attached hydrogens (primary N) is 1. The normalized spacial score (nSPS) is 19.7. The van der Waals surface area contributed by atoms with Gasteiger partial charge in [-0.15, -0.1) is 0 Å². The van der Waals surface area contributed by atoms with E-state index in [1.54, 1.807) is 0 Å². The number of fused-ring (bicyclic) bond motifs is 1. The van der Waals surface area contributed by atoms with E-state index < -0.39 is 0 Å². The number of hydrogen-bond acceptors (Lipinski definition) is 2. The molecule has 0 aromatic heterocycles. The zero-order chi connectivity index (χ0) is 9.97. The van der Waals surface area contributed by atoms with Gasteiger partial charge in [0.2, 0.25) is 0 Å². The smallest absolute Gasteiger partial charge is 0.123 e. The first-order valence-electron chi connectivity index (χ1n) is 4.96. The van der Waals surface area contributed by atoms with Gasteiger partial charge >= 0.3 is 0 Å². The third-order valence-corrected chi connectivity index (χ3v) is 2.37. The first kappa shape index (κ1) is 9.28. The fraction of sp³-hybridized carbons (Fsp3) is 0.333. The van der Waals surface area contributed by atoms with Crippen molar-refractivity contribution in [2.75, 3.05) is 6.54 Å². The lowest BCUT2D eigenvalue weighted by atomic mass is 10.1. The second-order valence-electron chi connectivity index (χ2n) is 3.64. The van der Waals surface area contributed by atoms with E-state index in [0.29, 0.717) is 12.6 Å². The summed E-state index contributed by atoms with van der Waals surface area (Å²) in [6, 6.07) is 6.31. The van der Waals surface area contributed by atoms with Crippen molar-refractivity contribution >= 4 is 6.08 Å². The third kappa shape index (κ3) is 1.80. The minimum atomic E-state index is 0.318. The molecule has 0 saturated heterocycles. The Balaban J connectivity index is 2.24. The first-order valence-corrected chi connectivity index (χ1v) is 4.96. The van der Waals surface area contributed by atoms with E-state index in [0.717, 1.165) is 17.7 Å². The van der Waals surface area contributed by atoms with Crippen LogP contribution in [0.3, 0.4) is 0 Å². The summed E-state index contributed by atoms with van der Waals surface area (Å²) in [6.07, 6.45) is 5.31. The molecule has 2 N–H and O–H groups in total. The molecular weight excluding hydrogens is 174 g/mol. The molecule has 1 atom stereocenters. The van der Waals surface area contributed by atoms with Crippen LogP contribution in [-0.4, -0.2) is 12.6 Å². The molecule has 0 saturated carbocycles. The molecule has 2 heteroatoms. The van der Waals surface area contributed by atoms with Crippen molar-refractivity contribution in [2.24, 2.45) is 5.73 Å². The Morgan fingerprint density at radius 2 is 2.43 bits per heavy atom. The molecule has 1 aliphatic rings. The van der Waals surface area contributed by atoms with Gasteiger partial charge in [-0.1, -0.05) is 24.3 Å². The molecule has 1 aliphatic heterocycles. The lowest BCUT2D eigenvalue weighted by Gasteiger charge is -2.02. The zero-order valence-electron chi connectivity index (χ0n) is 8.36. The van der Waals surface area contributed by atoms with E-state index in [9.17, 15) is 0 Å². The number of benzene rings is 1. The summed E-state index contributed by atoms with van der Waals surface area (Å²) in [5, 5.41) is 0. The molecule has 14 heavy (non-hydrogen) atoms. The van der Waals surface area contributed by atoms with Gasteiger partial charge < -0.3 is 10.5 Å². The van der Waals surface area contributed by atoms with Crippen LogP contribution in [0.5, 0.6) is 5.75 Å². The highest BCUT2D eigenvalue weighted by atomic mass is 16.5. The molecule has 1 unspecified atom stereocenters. The molecule has 0 radical (unpaired) electrons. The van der Waals surface area contributed by atoms with Crippen molar-refractivity contribution in [3.63, 3.8) is 0 Å². The SMILES string of the molecule is CC1Cc2ccc(/C=C/CN)cc2O1. The molecule has 0 aliphatic carbocycles. The lowest BCUT2D eigenvalue weighted by molar-refractivity contribution is 0.254. The van der Waals surface area contributed by atoms with Crippen molar-refractivity contribution in [1.82, 2.24) is 0 Å².